The standard InChI is InChI=1S/C21H25NO/c1-15-8-11-18(12-9-15)22-21(17-6-4-3-5-7-17)19-14-16(2)10-13-20(19)23/h3-9,11-12,16,19,21-22H,10,13-14H2,1-2H3. The van der Waals surface area contributed by atoms with Gasteiger partial charge in [0.15, 0.2) is 0 Å². The van der Waals surface area contributed by atoms with Crippen molar-refractivity contribution in [2.24, 2.45) is 11.8 Å². The molecule has 1 saturated carbocycles. The SMILES string of the molecule is Cc1ccc(NC(c2ccccc2)C2CC(C)CCC2=O)cc1. The molecular weight excluding hydrogens is 282 g/mol. The molecule has 0 radical (unpaired) electrons. The van der Waals surface area contributed by atoms with E-state index in [1.54, 1.807) is 0 Å². The van der Waals surface area contributed by atoms with Crippen molar-refractivity contribution in [3.05, 3.63) is 65.7 Å². The fourth-order valence-corrected chi connectivity index (χ4v) is 3.48. The van der Waals surface area contributed by atoms with Crippen LogP contribution in [-0.4, -0.2) is 5.78 Å². The van der Waals surface area contributed by atoms with Crippen LogP contribution < -0.4 is 5.32 Å². The first-order valence-electron chi connectivity index (χ1n) is 8.54. The van der Waals surface area contributed by atoms with Gasteiger partial charge in [-0.05, 0) is 43.4 Å². The Morgan fingerprint density at radius 3 is 2.43 bits per heavy atom. The third-order valence-corrected chi connectivity index (χ3v) is 4.89. The summed E-state index contributed by atoms with van der Waals surface area (Å²) in [7, 11) is 0. The van der Waals surface area contributed by atoms with Crippen LogP contribution in [-0.2, 0) is 4.79 Å². The van der Waals surface area contributed by atoms with Crippen LogP contribution in [0.5, 0.6) is 0 Å². The van der Waals surface area contributed by atoms with Crippen LogP contribution in [0.15, 0.2) is 54.6 Å². The van der Waals surface area contributed by atoms with E-state index in [0.29, 0.717) is 18.1 Å². The molecule has 2 aromatic carbocycles. The van der Waals surface area contributed by atoms with Gasteiger partial charge in [-0.3, -0.25) is 4.79 Å². The minimum absolute atomic E-state index is 0.0501. The van der Waals surface area contributed by atoms with Gasteiger partial charge in [0, 0.05) is 18.0 Å². The van der Waals surface area contributed by atoms with Crippen LogP contribution in [0, 0.1) is 18.8 Å². The number of Topliss-reactive ketones (excluding diaryl/α,β-unsaturated/α-hetero) is 1. The molecule has 0 saturated heterocycles. The van der Waals surface area contributed by atoms with Gasteiger partial charge < -0.3 is 5.32 Å². The van der Waals surface area contributed by atoms with Crippen molar-refractivity contribution in [3.8, 4) is 0 Å². The number of nitrogens with one attached hydrogen (secondary N) is 1. The largest absolute Gasteiger partial charge is 0.378 e. The number of carbonyl (C=O) groups is 1. The Morgan fingerprint density at radius 1 is 1.04 bits per heavy atom. The van der Waals surface area contributed by atoms with Crippen LogP contribution in [0.4, 0.5) is 5.69 Å². The summed E-state index contributed by atoms with van der Waals surface area (Å²) in [5.41, 5.74) is 3.52. The maximum absolute atomic E-state index is 12.6. The van der Waals surface area contributed by atoms with Gasteiger partial charge in [0.05, 0.1) is 6.04 Å². The van der Waals surface area contributed by atoms with E-state index < -0.39 is 0 Å². The number of rotatable bonds is 4. The maximum atomic E-state index is 12.6. The first-order valence-corrected chi connectivity index (χ1v) is 8.54. The second-order valence-electron chi connectivity index (χ2n) is 6.85. The van der Waals surface area contributed by atoms with E-state index in [0.717, 1.165) is 18.5 Å². The molecule has 3 atom stereocenters. The molecule has 23 heavy (non-hydrogen) atoms. The van der Waals surface area contributed by atoms with Crippen LogP contribution in [0.25, 0.3) is 0 Å². The molecule has 1 aliphatic rings. The fourth-order valence-electron chi connectivity index (χ4n) is 3.48. The molecule has 0 aromatic heterocycles. The normalized spacial score (nSPS) is 22.6. The molecule has 0 heterocycles. The molecule has 2 nitrogen and oxygen atoms in total. The molecule has 0 amide bonds. The first kappa shape index (κ1) is 15.8. The number of carbonyl (C=O) groups excluding carboxylic acids is 1. The topological polar surface area (TPSA) is 29.1 Å². The van der Waals surface area contributed by atoms with E-state index >= 15 is 0 Å². The molecule has 1 aliphatic carbocycles. The zero-order chi connectivity index (χ0) is 16.2. The maximum Gasteiger partial charge on any atom is 0.138 e. The minimum Gasteiger partial charge on any atom is -0.378 e. The summed E-state index contributed by atoms with van der Waals surface area (Å²) in [6.45, 7) is 4.35. The summed E-state index contributed by atoms with van der Waals surface area (Å²) in [6, 6.07) is 18.8. The quantitative estimate of drug-likeness (QED) is 0.846. The van der Waals surface area contributed by atoms with Gasteiger partial charge in [0.1, 0.15) is 5.78 Å². The Bertz CT molecular complexity index is 647. The van der Waals surface area contributed by atoms with Crippen molar-refractivity contribution in [1.29, 1.82) is 0 Å². The molecule has 0 bridgehead atoms. The Balaban J connectivity index is 1.90. The molecule has 0 aliphatic heterocycles. The number of hydrogen-bond acceptors (Lipinski definition) is 2. The van der Waals surface area contributed by atoms with Crippen molar-refractivity contribution in [1.82, 2.24) is 0 Å². The summed E-state index contributed by atoms with van der Waals surface area (Å²) in [5, 5.41) is 3.62. The highest BCUT2D eigenvalue weighted by molar-refractivity contribution is 5.83. The summed E-state index contributed by atoms with van der Waals surface area (Å²) >= 11 is 0. The number of hydrogen-bond donors (Lipinski definition) is 1. The predicted octanol–water partition coefficient (Wildman–Crippen LogP) is 5.15. The lowest BCUT2D eigenvalue weighted by Gasteiger charge is -2.33. The van der Waals surface area contributed by atoms with E-state index in [2.05, 4.69) is 67.7 Å². The molecule has 2 aromatic rings. The Morgan fingerprint density at radius 2 is 1.74 bits per heavy atom. The third kappa shape index (κ3) is 3.82. The van der Waals surface area contributed by atoms with Crippen molar-refractivity contribution in [3.63, 3.8) is 0 Å². The Hall–Kier alpha value is -2.09. The Kier molecular flexibility index (Phi) is 4.80. The lowest BCUT2D eigenvalue weighted by Crippen LogP contribution is -2.32. The molecular formula is C21H25NO. The van der Waals surface area contributed by atoms with Gasteiger partial charge in [-0.15, -0.1) is 0 Å². The van der Waals surface area contributed by atoms with Crippen LogP contribution in [0.3, 0.4) is 0 Å². The van der Waals surface area contributed by atoms with E-state index in [9.17, 15) is 4.79 Å². The number of anilines is 1. The van der Waals surface area contributed by atoms with Crippen molar-refractivity contribution >= 4 is 11.5 Å². The Labute approximate surface area is 138 Å². The van der Waals surface area contributed by atoms with Gasteiger partial charge in [-0.1, -0.05) is 55.0 Å². The van der Waals surface area contributed by atoms with Crippen LogP contribution >= 0.6 is 0 Å². The number of benzene rings is 2. The summed E-state index contributed by atoms with van der Waals surface area (Å²) in [5.74, 6) is 1.07. The van der Waals surface area contributed by atoms with E-state index in [-0.39, 0.29) is 12.0 Å². The summed E-state index contributed by atoms with van der Waals surface area (Å²) < 4.78 is 0. The molecule has 3 rings (SSSR count). The lowest BCUT2D eigenvalue weighted by molar-refractivity contribution is -0.126. The van der Waals surface area contributed by atoms with Crippen molar-refractivity contribution in [2.75, 3.05) is 5.32 Å². The molecule has 3 unspecified atom stereocenters. The highest BCUT2D eigenvalue weighted by Gasteiger charge is 2.33. The summed E-state index contributed by atoms with van der Waals surface area (Å²) in [4.78, 5) is 12.6. The molecule has 120 valence electrons. The molecule has 1 fully saturated rings. The predicted molar refractivity (Wildman–Crippen MR) is 95.5 cm³/mol. The number of aryl methyl sites for hydroxylation is 1. The fraction of sp³-hybridized carbons (Fsp3) is 0.381. The van der Waals surface area contributed by atoms with Gasteiger partial charge in [-0.25, -0.2) is 0 Å². The smallest absolute Gasteiger partial charge is 0.138 e. The van der Waals surface area contributed by atoms with Crippen LogP contribution in [0.1, 0.15) is 43.4 Å². The van der Waals surface area contributed by atoms with Crippen molar-refractivity contribution < 1.29 is 4.79 Å². The van der Waals surface area contributed by atoms with Crippen molar-refractivity contribution in [2.45, 2.75) is 39.2 Å². The van der Waals surface area contributed by atoms with E-state index in [1.807, 2.05) is 6.07 Å². The zero-order valence-corrected chi connectivity index (χ0v) is 14.0. The minimum atomic E-state index is 0.0501. The second-order valence-corrected chi connectivity index (χ2v) is 6.85. The lowest BCUT2D eigenvalue weighted by atomic mass is 9.75. The van der Waals surface area contributed by atoms with E-state index in [4.69, 9.17) is 0 Å². The van der Waals surface area contributed by atoms with Gasteiger partial charge >= 0.3 is 0 Å². The highest BCUT2D eigenvalue weighted by atomic mass is 16.1. The van der Waals surface area contributed by atoms with Gasteiger partial charge in [0.2, 0.25) is 0 Å². The van der Waals surface area contributed by atoms with Gasteiger partial charge in [0.25, 0.3) is 0 Å². The average Bonchev–Trinajstić information content (AvgIpc) is 2.57. The number of ketones is 1. The second kappa shape index (κ2) is 6.99. The monoisotopic (exact) mass is 307 g/mol. The van der Waals surface area contributed by atoms with Gasteiger partial charge in [-0.2, -0.15) is 0 Å². The third-order valence-electron chi connectivity index (χ3n) is 4.89. The zero-order valence-electron chi connectivity index (χ0n) is 14.0. The summed E-state index contributed by atoms with van der Waals surface area (Å²) in [6.07, 6.45) is 2.71. The molecule has 2 heteroatoms. The first-order chi connectivity index (χ1) is 11.1. The average molecular weight is 307 g/mol. The highest BCUT2D eigenvalue weighted by Crippen LogP contribution is 2.37. The molecule has 0 spiro atoms. The molecule has 1 N–H and O–H groups in total. The van der Waals surface area contributed by atoms with E-state index in [1.165, 1.54) is 11.1 Å². The van der Waals surface area contributed by atoms with Crippen LogP contribution in [0.2, 0.25) is 0 Å².